The van der Waals surface area contributed by atoms with Gasteiger partial charge in [0.1, 0.15) is 5.82 Å². The van der Waals surface area contributed by atoms with E-state index < -0.39 is 0 Å². The van der Waals surface area contributed by atoms with Gasteiger partial charge in [0.25, 0.3) is 0 Å². The summed E-state index contributed by atoms with van der Waals surface area (Å²) in [5, 5.41) is 5.28. The van der Waals surface area contributed by atoms with E-state index in [0.717, 1.165) is 38.3 Å². The first-order chi connectivity index (χ1) is 14.2. The molecule has 148 valence electrons. The molecule has 3 aromatic rings. The number of halogens is 1. The van der Waals surface area contributed by atoms with Crippen LogP contribution in [0.5, 0.6) is 0 Å². The Labute approximate surface area is 169 Å². The van der Waals surface area contributed by atoms with Crippen molar-refractivity contribution in [2.24, 2.45) is 0 Å². The number of carbonyl (C=O) groups is 1. The van der Waals surface area contributed by atoms with Crippen molar-refractivity contribution in [3.63, 3.8) is 0 Å². The number of piperazine rings is 1. The van der Waals surface area contributed by atoms with Gasteiger partial charge in [0.05, 0.1) is 6.42 Å². The first-order valence-electron chi connectivity index (χ1n) is 10.2. The molecule has 1 N–H and O–H groups in total. The molecule has 2 heterocycles. The Kier molecular flexibility index (Phi) is 4.68. The van der Waals surface area contributed by atoms with Crippen LogP contribution in [0.4, 0.5) is 15.8 Å². The molecule has 2 aliphatic rings. The minimum Gasteiger partial charge on any atom is -0.368 e. The molecule has 0 aliphatic carbocycles. The van der Waals surface area contributed by atoms with Gasteiger partial charge in [-0.1, -0.05) is 42.5 Å². The lowest BCUT2D eigenvalue weighted by Crippen LogP contribution is -2.47. The highest BCUT2D eigenvalue weighted by Gasteiger charge is 2.22. The maximum atomic E-state index is 14.4. The first-order valence-corrected chi connectivity index (χ1v) is 10.2. The fraction of sp³-hybridized carbons (Fsp3) is 0.292. The standard InChI is InChI=1S/C24H24FN3O/c25-21-16-22-19(15-24(29)26-22)14-18(21)8-9-27-10-12-28(13-11-27)23-7-3-5-17-4-1-2-6-20(17)23/h1-7,14,16H,8-13,15H2,(H,26,29). The third-order valence-electron chi connectivity index (χ3n) is 6.07. The van der Waals surface area contributed by atoms with Crippen LogP contribution in [-0.4, -0.2) is 43.5 Å². The van der Waals surface area contributed by atoms with Crippen LogP contribution < -0.4 is 10.2 Å². The van der Waals surface area contributed by atoms with Gasteiger partial charge < -0.3 is 10.2 Å². The van der Waals surface area contributed by atoms with E-state index in [-0.39, 0.29) is 11.7 Å². The molecule has 0 aromatic heterocycles. The molecule has 0 atom stereocenters. The summed E-state index contributed by atoms with van der Waals surface area (Å²) in [6.45, 7) is 4.71. The van der Waals surface area contributed by atoms with E-state index >= 15 is 0 Å². The molecule has 0 spiro atoms. The van der Waals surface area contributed by atoms with Gasteiger partial charge in [0.15, 0.2) is 0 Å². The number of rotatable bonds is 4. The third-order valence-corrected chi connectivity index (χ3v) is 6.07. The number of nitrogens with zero attached hydrogens (tertiary/aromatic N) is 2. The van der Waals surface area contributed by atoms with Crippen molar-refractivity contribution in [1.82, 2.24) is 4.90 Å². The average Bonchev–Trinajstić information content (AvgIpc) is 3.10. The van der Waals surface area contributed by atoms with E-state index in [9.17, 15) is 9.18 Å². The van der Waals surface area contributed by atoms with Gasteiger partial charge in [-0.15, -0.1) is 0 Å². The zero-order valence-corrected chi connectivity index (χ0v) is 16.3. The summed E-state index contributed by atoms with van der Waals surface area (Å²) in [7, 11) is 0. The van der Waals surface area contributed by atoms with Gasteiger partial charge in [-0.05, 0) is 35.1 Å². The topological polar surface area (TPSA) is 35.6 Å². The van der Waals surface area contributed by atoms with Crippen LogP contribution in [0.25, 0.3) is 10.8 Å². The Morgan fingerprint density at radius 1 is 0.966 bits per heavy atom. The maximum absolute atomic E-state index is 14.4. The van der Waals surface area contributed by atoms with E-state index in [1.54, 1.807) is 0 Å². The molecule has 2 aliphatic heterocycles. The van der Waals surface area contributed by atoms with Crippen LogP contribution in [-0.2, 0) is 17.6 Å². The third kappa shape index (κ3) is 3.58. The van der Waals surface area contributed by atoms with E-state index in [4.69, 9.17) is 0 Å². The van der Waals surface area contributed by atoms with Crippen molar-refractivity contribution in [3.8, 4) is 0 Å². The van der Waals surface area contributed by atoms with Gasteiger partial charge in [-0.3, -0.25) is 9.69 Å². The van der Waals surface area contributed by atoms with Crippen molar-refractivity contribution < 1.29 is 9.18 Å². The molecule has 0 bridgehead atoms. The molecule has 29 heavy (non-hydrogen) atoms. The van der Waals surface area contributed by atoms with Crippen molar-refractivity contribution in [1.29, 1.82) is 0 Å². The summed E-state index contributed by atoms with van der Waals surface area (Å²) in [5.74, 6) is -0.276. The Balaban J connectivity index is 1.22. The molecule has 4 nitrogen and oxygen atoms in total. The van der Waals surface area contributed by atoms with E-state index in [2.05, 4.69) is 57.6 Å². The van der Waals surface area contributed by atoms with Gasteiger partial charge in [0, 0.05) is 49.5 Å². The zero-order valence-electron chi connectivity index (χ0n) is 16.3. The number of fused-ring (bicyclic) bond motifs is 2. The predicted octanol–water partition coefficient (Wildman–Crippen LogP) is 3.84. The van der Waals surface area contributed by atoms with Crippen molar-refractivity contribution in [2.45, 2.75) is 12.8 Å². The number of benzene rings is 3. The molecule has 1 amide bonds. The SMILES string of the molecule is O=C1Cc2cc(CCN3CCN(c4cccc5ccccc45)CC3)c(F)cc2N1. The lowest BCUT2D eigenvalue weighted by molar-refractivity contribution is -0.115. The number of carbonyl (C=O) groups excluding carboxylic acids is 1. The second kappa shape index (κ2) is 7.48. The Morgan fingerprint density at radius 3 is 2.62 bits per heavy atom. The minimum atomic E-state index is -0.222. The largest absolute Gasteiger partial charge is 0.368 e. The first kappa shape index (κ1) is 18.1. The molecule has 0 saturated carbocycles. The van der Waals surface area contributed by atoms with Crippen LogP contribution in [0.15, 0.2) is 54.6 Å². The molecule has 0 radical (unpaired) electrons. The lowest BCUT2D eigenvalue weighted by atomic mass is 10.0. The molecular weight excluding hydrogens is 365 g/mol. The zero-order chi connectivity index (χ0) is 19.8. The van der Waals surface area contributed by atoms with Gasteiger partial charge in [-0.25, -0.2) is 4.39 Å². The Hall–Kier alpha value is -2.92. The van der Waals surface area contributed by atoms with Crippen molar-refractivity contribution in [3.05, 3.63) is 71.5 Å². The van der Waals surface area contributed by atoms with Crippen LogP contribution in [0.1, 0.15) is 11.1 Å². The predicted molar refractivity (Wildman–Crippen MR) is 115 cm³/mol. The van der Waals surface area contributed by atoms with Gasteiger partial charge >= 0.3 is 0 Å². The number of anilines is 2. The summed E-state index contributed by atoms with van der Waals surface area (Å²) in [4.78, 5) is 16.4. The van der Waals surface area contributed by atoms with E-state index in [0.29, 0.717) is 24.1 Å². The summed E-state index contributed by atoms with van der Waals surface area (Å²) in [6, 6.07) is 18.3. The summed E-state index contributed by atoms with van der Waals surface area (Å²) in [5.41, 5.74) is 3.54. The average molecular weight is 389 g/mol. The fourth-order valence-electron chi connectivity index (χ4n) is 4.47. The number of amides is 1. The number of hydrogen-bond acceptors (Lipinski definition) is 3. The summed E-state index contributed by atoms with van der Waals surface area (Å²) >= 11 is 0. The second-order valence-corrected chi connectivity index (χ2v) is 7.90. The lowest BCUT2D eigenvalue weighted by Gasteiger charge is -2.36. The summed E-state index contributed by atoms with van der Waals surface area (Å²) < 4.78 is 14.4. The van der Waals surface area contributed by atoms with Crippen molar-refractivity contribution in [2.75, 3.05) is 42.9 Å². The molecule has 0 unspecified atom stereocenters. The minimum absolute atomic E-state index is 0.0545. The normalized spacial score (nSPS) is 16.9. The Morgan fingerprint density at radius 2 is 1.76 bits per heavy atom. The molecule has 5 rings (SSSR count). The summed E-state index contributed by atoms with van der Waals surface area (Å²) in [6.07, 6.45) is 1.02. The molecular formula is C24H24FN3O. The monoisotopic (exact) mass is 389 g/mol. The Bertz CT molecular complexity index is 1070. The van der Waals surface area contributed by atoms with Gasteiger partial charge in [0.2, 0.25) is 5.91 Å². The quantitative estimate of drug-likeness (QED) is 0.737. The van der Waals surface area contributed by atoms with Crippen LogP contribution in [0, 0.1) is 5.82 Å². The van der Waals surface area contributed by atoms with E-state index in [1.165, 1.54) is 22.5 Å². The molecule has 1 fully saturated rings. The highest BCUT2D eigenvalue weighted by molar-refractivity contribution is 5.99. The number of nitrogens with one attached hydrogen (secondary N) is 1. The molecule has 3 aromatic carbocycles. The smallest absolute Gasteiger partial charge is 0.228 e. The van der Waals surface area contributed by atoms with Crippen LogP contribution in [0.3, 0.4) is 0 Å². The second-order valence-electron chi connectivity index (χ2n) is 7.90. The highest BCUT2D eigenvalue weighted by atomic mass is 19.1. The maximum Gasteiger partial charge on any atom is 0.228 e. The number of hydrogen-bond donors (Lipinski definition) is 1. The molecule has 1 saturated heterocycles. The van der Waals surface area contributed by atoms with Crippen LogP contribution >= 0.6 is 0 Å². The van der Waals surface area contributed by atoms with Crippen molar-refractivity contribution >= 4 is 28.1 Å². The highest BCUT2D eigenvalue weighted by Crippen LogP contribution is 2.28. The molecule has 5 heteroatoms. The van der Waals surface area contributed by atoms with E-state index in [1.807, 2.05) is 6.07 Å². The van der Waals surface area contributed by atoms with Crippen LogP contribution in [0.2, 0.25) is 0 Å². The van der Waals surface area contributed by atoms with Gasteiger partial charge in [-0.2, -0.15) is 0 Å². The fourth-order valence-corrected chi connectivity index (χ4v) is 4.47.